The average molecular weight is 489 g/mol. The monoisotopic (exact) mass is 488 g/mol. The highest BCUT2D eigenvalue weighted by Gasteiger charge is 2.40. The second kappa shape index (κ2) is 9.96. The number of nitrogens with one attached hydrogen (secondary N) is 1. The third-order valence-electron chi connectivity index (χ3n) is 7.46. The number of benzene rings is 3. The summed E-state index contributed by atoms with van der Waals surface area (Å²) in [6.07, 6.45) is 4.41. The van der Waals surface area contributed by atoms with Crippen molar-refractivity contribution in [1.82, 2.24) is 10.2 Å². The standard InChI is InChI=1S/C29H32N2O3S/c1-35(33,34)23-16-14-21(15-17-23)24-11-5-6-12-25(24)26-19-30-20-27(26)29(32)31-18-8-7-13-28(31)22-9-3-2-4-10-22/h2-6,9-12,14-17,26-28,30H,7-8,13,18-20H2,1H3/t26?,27-,28?/m1/s1. The van der Waals surface area contributed by atoms with Crippen LogP contribution in [0.1, 0.15) is 42.3 Å². The van der Waals surface area contributed by atoms with E-state index in [2.05, 4.69) is 46.6 Å². The molecule has 5 rings (SSSR count). The summed E-state index contributed by atoms with van der Waals surface area (Å²) in [4.78, 5) is 16.4. The molecule has 1 N–H and O–H groups in total. The van der Waals surface area contributed by atoms with E-state index in [4.69, 9.17) is 0 Å². The summed E-state index contributed by atoms with van der Waals surface area (Å²) in [5.41, 5.74) is 4.37. The lowest BCUT2D eigenvalue weighted by Crippen LogP contribution is -2.43. The van der Waals surface area contributed by atoms with Crippen LogP contribution in [0.3, 0.4) is 0 Å². The van der Waals surface area contributed by atoms with Gasteiger partial charge in [-0.05, 0) is 53.6 Å². The van der Waals surface area contributed by atoms with Gasteiger partial charge in [-0.15, -0.1) is 0 Å². The Bertz CT molecular complexity index is 1290. The lowest BCUT2D eigenvalue weighted by atomic mass is 9.82. The number of nitrogens with zero attached hydrogens (tertiary/aromatic N) is 1. The second-order valence-corrected chi connectivity index (χ2v) is 11.7. The van der Waals surface area contributed by atoms with E-state index in [0.29, 0.717) is 11.4 Å². The number of carbonyl (C=O) groups excluding carboxylic acids is 1. The van der Waals surface area contributed by atoms with Crippen molar-refractivity contribution in [1.29, 1.82) is 0 Å². The number of sulfone groups is 1. The van der Waals surface area contributed by atoms with Crippen molar-refractivity contribution in [2.75, 3.05) is 25.9 Å². The lowest BCUT2D eigenvalue weighted by molar-refractivity contribution is -0.139. The van der Waals surface area contributed by atoms with Crippen molar-refractivity contribution in [3.05, 3.63) is 90.0 Å². The zero-order chi connectivity index (χ0) is 24.4. The molecule has 182 valence electrons. The van der Waals surface area contributed by atoms with Gasteiger partial charge in [0, 0.05) is 31.8 Å². The highest BCUT2D eigenvalue weighted by molar-refractivity contribution is 7.90. The Morgan fingerprint density at radius 2 is 1.60 bits per heavy atom. The highest BCUT2D eigenvalue weighted by atomic mass is 32.2. The Morgan fingerprint density at radius 1 is 0.886 bits per heavy atom. The maximum absolute atomic E-state index is 14.0. The van der Waals surface area contributed by atoms with Gasteiger partial charge in [-0.2, -0.15) is 0 Å². The van der Waals surface area contributed by atoms with Crippen LogP contribution < -0.4 is 5.32 Å². The third-order valence-corrected chi connectivity index (χ3v) is 8.58. The first-order valence-corrected chi connectivity index (χ1v) is 14.3. The molecule has 5 nitrogen and oxygen atoms in total. The fourth-order valence-electron chi connectivity index (χ4n) is 5.66. The molecule has 0 aliphatic carbocycles. The van der Waals surface area contributed by atoms with Gasteiger partial charge in [-0.3, -0.25) is 4.79 Å². The Hall–Kier alpha value is -2.96. The van der Waals surface area contributed by atoms with Crippen molar-refractivity contribution in [2.45, 2.75) is 36.1 Å². The molecule has 2 unspecified atom stereocenters. The molecule has 2 fully saturated rings. The molecule has 6 heteroatoms. The van der Waals surface area contributed by atoms with Gasteiger partial charge in [-0.25, -0.2) is 8.42 Å². The van der Waals surface area contributed by atoms with Crippen LogP contribution in [0, 0.1) is 5.92 Å². The maximum Gasteiger partial charge on any atom is 0.228 e. The van der Waals surface area contributed by atoms with Gasteiger partial charge in [-0.1, -0.05) is 66.7 Å². The van der Waals surface area contributed by atoms with Crippen LogP contribution in [-0.4, -0.2) is 45.1 Å². The zero-order valence-corrected chi connectivity index (χ0v) is 20.9. The van der Waals surface area contributed by atoms with Crippen molar-refractivity contribution >= 4 is 15.7 Å². The van der Waals surface area contributed by atoms with E-state index >= 15 is 0 Å². The predicted molar refractivity (Wildman–Crippen MR) is 139 cm³/mol. The fourth-order valence-corrected chi connectivity index (χ4v) is 6.29. The average Bonchev–Trinajstić information content (AvgIpc) is 3.38. The summed E-state index contributed by atoms with van der Waals surface area (Å²) in [7, 11) is -3.25. The fraction of sp³-hybridized carbons (Fsp3) is 0.345. The van der Waals surface area contributed by atoms with Crippen LogP contribution >= 0.6 is 0 Å². The van der Waals surface area contributed by atoms with Crippen LogP contribution in [-0.2, 0) is 14.6 Å². The molecule has 3 aromatic carbocycles. The van der Waals surface area contributed by atoms with Gasteiger partial charge in [0.1, 0.15) is 0 Å². The quantitative estimate of drug-likeness (QED) is 0.560. The molecule has 0 saturated carbocycles. The number of hydrogen-bond acceptors (Lipinski definition) is 4. The number of likely N-dealkylation sites (tertiary alicyclic amines) is 1. The number of amides is 1. The molecular formula is C29H32N2O3S. The summed E-state index contributed by atoms with van der Waals surface area (Å²) < 4.78 is 23.8. The number of rotatable bonds is 5. The van der Waals surface area contributed by atoms with Crippen molar-refractivity contribution in [3.63, 3.8) is 0 Å². The van der Waals surface area contributed by atoms with E-state index in [9.17, 15) is 13.2 Å². The SMILES string of the molecule is CS(=O)(=O)c1ccc(-c2ccccc2C2CNC[C@H]2C(=O)N2CCCCC2c2ccccc2)cc1. The highest BCUT2D eigenvalue weighted by Crippen LogP contribution is 2.39. The van der Waals surface area contributed by atoms with Crippen LogP contribution in [0.2, 0.25) is 0 Å². The minimum Gasteiger partial charge on any atom is -0.335 e. The molecule has 2 aliphatic heterocycles. The number of piperidine rings is 1. The van der Waals surface area contributed by atoms with Crippen molar-refractivity contribution in [3.8, 4) is 11.1 Å². The van der Waals surface area contributed by atoms with Gasteiger partial charge < -0.3 is 10.2 Å². The van der Waals surface area contributed by atoms with Crippen LogP contribution in [0.25, 0.3) is 11.1 Å². The minimum absolute atomic E-state index is 0.0617. The Kier molecular flexibility index (Phi) is 6.76. The normalized spacial score (nSPS) is 22.8. The molecular weight excluding hydrogens is 456 g/mol. The van der Waals surface area contributed by atoms with E-state index in [1.807, 2.05) is 30.3 Å². The summed E-state index contributed by atoms with van der Waals surface area (Å²) in [6, 6.07) is 25.8. The molecule has 2 saturated heterocycles. The van der Waals surface area contributed by atoms with E-state index in [0.717, 1.165) is 49.0 Å². The Balaban J connectivity index is 1.45. The molecule has 1 amide bonds. The van der Waals surface area contributed by atoms with Crippen LogP contribution in [0.15, 0.2) is 83.8 Å². The van der Waals surface area contributed by atoms with Gasteiger partial charge in [0.05, 0.1) is 16.9 Å². The van der Waals surface area contributed by atoms with E-state index in [-0.39, 0.29) is 23.8 Å². The summed E-state index contributed by atoms with van der Waals surface area (Å²) in [5.74, 6) is 0.165. The second-order valence-electron chi connectivity index (χ2n) is 9.71. The molecule has 35 heavy (non-hydrogen) atoms. The molecule has 0 bridgehead atoms. The smallest absolute Gasteiger partial charge is 0.228 e. The lowest BCUT2D eigenvalue weighted by Gasteiger charge is -2.38. The minimum atomic E-state index is -3.25. The third kappa shape index (κ3) is 4.91. The first kappa shape index (κ1) is 23.8. The van der Waals surface area contributed by atoms with Gasteiger partial charge in [0.15, 0.2) is 9.84 Å². The molecule has 0 aromatic heterocycles. The largest absolute Gasteiger partial charge is 0.335 e. The van der Waals surface area contributed by atoms with E-state index in [1.54, 1.807) is 12.1 Å². The topological polar surface area (TPSA) is 66.5 Å². The van der Waals surface area contributed by atoms with E-state index < -0.39 is 9.84 Å². The first-order valence-electron chi connectivity index (χ1n) is 12.4. The number of carbonyl (C=O) groups is 1. The molecule has 2 heterocycles. The number of hydrogen-bond donors (Lipinski definition) is 1. The van der Waals surface area contributed by atoms with Gasteiger partial charge in [0.25, 0.3) is 0 Å². The summed E-state index contributed by atoms with van der Waals surface area (Å²) in [6.45, 7) is 2.22. The Morgan fingerprint density at radius 3 is 2.34 bits per heavy atom. The zero-order valence-electron chi connectivity index (χ0n) is 20.1. The van der Waals surface area contributed by atoms with E-state index in [1.165, 1.54) is 11.8 Å². The summed E-state index contributed by atoms with van der Waals surface area (Å²) in [5, 5.41) is 3.48. The summed E-state index contributed by atoms with van der Waals surface area (Å²) >= 11 is 0. The molecule has 2 aliphatic rings. The first-order chi connectivity index (χ1) is 16.9. The van der Waals surface area contributed by atoms with Gasteiger partial charge in [0.2, 0.25) is 5.91 Å². The van der Waals surface area contributed by atoms with Crippen molar-refractivity contribution < 1.29 is 13.2 Å². The molecule has 3 aromatic rings. The Labute approximate surface area is 208 Å². The molecule has 0 radical (unpaired) electrons. The maximum atomic E-state index is 14.0. The van der Waals surface area contributed by atoms with Crippen LogP contribution in [0.4, 0.5) is 0 Å². The van der Waals surface area contributed by atoms with Crippen LogP contribution in [0.5, 0.6) is 0 Å². The van der Waals surface area contributed by atoms with Crippen molar-refractivity contribution in [2.24, 2.45) is 5.92 Å². The molecule has 3 atom stereocenters. The molecule has 0 spiro atoms. The predicted octanol–water partition coefficient (Wildman–Crippen LogP) is 4.81. The van der Waals surface area contributed by atoms with Gasteiger partial charge >= 0.3 is 0 Å².